The molecule has 0 bridgehead atoms. The van der Waals surface area contributed by atoms with E-state index in [1.807, 2.05) is 11.4 Å². The number of alkyl halides is 3. The zero-order chi connectivity index (χ0) is 21.3. The monoisotopic (exact) mass is 433 g/mol. The van der Waals surface area contributed by atoms with Crippen LogP contribution in [0.3, 0.4) is 0 Å². The number of nitrogens with zero attached hydrogens (tertiary/aromatic N) is 2. The third-order valence-electron chi connectivity index (χ3n) is 5.08. The van der Waals surface area contributed by atoms with Crippen LogP contribution in [0.1, 0.15) is 33.5 Å². The third-order valence-corrected chi connectivity index (χ3v) is 5.98. The van der Waals surface area contributed by atoms with Crippen molar-refractivity contribution in [1.29, 1.82) is 0 Å². The van der Waals surface area contributed by atoms with Crippen molar-refractivity contribution in [1.82, 2.24) is 10.5 Å². The summed E-state index contributed by atoms with van der Waals surface area (Å²) in [5.41, 5.74) is 4.79. The maximum atomic E-state index is 12.8. The molecule has 0 saturated heterocycles. The van der Waals surface area contributed by atoms with Gasteiger partial charge in [-0.25, -0.2) is 10.5 Å². The van der Waals surface area contributed by atoms with Crippen LogP contribution in [0.25, 0.3) is 11.3 Å². The van der Waals surface area contributed by atoms with Crippen molar-refractivity contribution < 1.29 is 23.2 Å². The van der Waals surface area contributed by atoms with Gasteiger partial charge in [0.05, 0.1) is 11.3 Å². The van der Waals surface area contributed by atoms with E-state index in [4.69, 9.17) is 5.21 Å². The molecule has 1 aliphatic heterocycles. The molecule has 156 valence electrons. The van der Waals surface area contributed by atoms with Gasteiger partial charge in [-0.05, 0) is 48.2 Å². The Morgan fingerprint density at radius 2 is 1.90 bits per heavy atom. The van der Waals surface area contributed by atoms with Gasteiger partial charge in [-0.2, -0.15) is 13.2 Å². The molecule has 0 unspecified atom stereocenters. The summed E-state index contributed by atoms with van der Waals surface area (Å²) in [6.45, 7) is 1.40. The highest BCUT2D eigenvalue weighted by atomic mass is 32.1. The molecule has 30 heavy (non-hydrogen) atoms. The Kier molecular flexibility index (Phi) is 5.48. The van der Waals surface area contributed by atoms with Gasteiger partial charge in [0.15, 0.2) is 5.13 Å². The molecule has 2 N–H and O–H groups in total. The van der Waals surface area contributed by atoms with Gasteiger partial charge in [0.1, 0.15) is 0 Å². The average Bonchev–Trinajstić information content (AvgIpc) is 3.13. The Bertz CT molecular complexity index is 1060. The highest BCUT2D eigenvalue weighted by molar-refractivity contribution is 7.14. The van der Waals surface area contributed by atoms with Crippen LogP contribution in [0.2, 0.25) is 0 Å². The summed E-state index contributed by atoms with van der Waals surface area (Å²) in [6, 6.07) is 10.3. The molecule has 5 nitrogen and oxygen atoms in total. The predicted molar refractivity (Wildman–Crippen MR) is 108 cm³/mol. The van der Waals surface area contributed by atoms with E-state index in [9.17, 15) is 18.0 Å². The van der Waals surface area contributed by atoms with Crippen molar-refractivity contribution in [2.75, 3.05) is 11.4 Å². The van der Waals surface area contributed by atoms with Crippen molar-refractivity contribution in [3.63, 3.8) is 0 Å². The summed E-state index contributed by atoms with van der Waals surface area (Å²) in [7, 11) is 0. The Labute approximate surface area is 174 Å². The van der Waals surface area contributed by atoms with Gasteiger partial charge in [0.2, 0.25) is 0 Å². The lowest BCUT2D eigenvalue weighted by molar-refractivity contribution is -0.137. The molecule has 2 aromatic carbocycles. The highest BCUT2D eigenvalue weighted by Crippen LogP contribution is 2.33. The first-order valence-electron chi connectivity index (χ1n) is 9.29. The van der Waals surface area contributed by atoms with Gasteiger partial charge in [0.25, 0.3) is 5.91 Å². The van der Waals surface area contributed by atoms with Crippen LogP contribution in [-0.2, 0) is 19.1 Å². The minimum Gasteiger partial charge on any atom is -0.344 e. The molecule has 0 radical (unpaired) electrons. The van der Waals surface area contributed by atoms with E-state index >= 15 is 0 Å². The molecular weight excluding hydrogens is 415 g/mol. The maximum absolute atomic E-state index is 12.8. The molecule has 0 atom stereocenters. The molecule has 0 spiro atoms. The van der Waals surface area contributed by atoms with Crippen molar-refractivity contribution >= 4 is 22.4 Å². The number of benzene rings is 2. The molecule has 0 aliphatic carbocycles. The van der Waals surface area contributed by atoms with E-state index in [2.05, 4.69) is 9.88 Å². The molecule has 1 amide bonds. The van der Waals surface area contributed by atoms with Crippen LogP contribution < -0.4 is 10.4 Å². The lowest BCUT2D eigenvalue weighted by Gasteiger charge is -2.19. The number of amides is 1. The maximum Gasteiger partial charge on any atom is 0.416 e. The summed E-state index contributed by atoms with van der Waals surface area (Å²) in [6.07, 6.45) is -2.69. The Morgan fingerprint density at radius 1 is 1.13 bits per heavy atom. The van der Waals surface area contributed by atoms with Crippen molar-refractivity contribution in [2.45, 2.75) is 25.6 Å². The van der Waals surface area contributed by atoms with Gasteiger partial charge < -0.3 is 4.90 Å². The molecule has 1 aromatic heterocycles. The molecule has 4 rings (SSSR count). The molecule has 3 aromatic rings. The summed E-state index contributed by atoms with van der Waals surface area (Å²) in [5, 5.41) is 11.5. The fourth-order valence-electron chi connectivity index (χ4n) is 3.50. The minimum atomic E-state index is -4.36. The van der Waals surface area contributed by atoms with Gasteiger partial charge in [-0.1, -0.05) is 18.2 Å². The van der Waals surface area contributed by atoms with Crippen LogP contribution in [0, 0.1) is 0 Å². The summed E-state index contributed by atoms with van der Waals surface area (Å²) < 4.78 is 38.3. The van der Waals surface area contributed by atoms with E-state index in [0.29, 0.717) is 23.4 Å². The molecule has 0 saturated carbocycles. The average molecular weight is 433 g/mol. The summed E-state index contributed by atoms with van der Waals surface area (Å²) in [5.74, 6) is -0.542. The SMILES string of the molecule is O=C(NO)c1ccc2c(c1)CCCN(c1nc(-c3ccc(C(F)(F)F)cc3)cs1)C2. The summed E-state index contributed by atoms with van der Waals surface area (Å²) >= 11 is 1.45. The fourth-order valence-corrected chi connectivity index (χ4v) is 4.36. The van der Waals surface area contributed by atoms with Crippen LogP contribution in [0.5, 0.6) is 0 Å². The number of fused-ring (bicyclic) bond motifs is 1. The first-order valence-corrected chi connectivity index (χ1v) is 10.2. The molecule has 1 aliphatic rings. The fraction of sp³-hybridized carbons (Fsp3) is 0.238. The number of carbonyl (C=O) groups excluding carboxylic acids is 1. The number of aromatic nitrogens is 1. The van der Waals surface area contributed by atoms with E-state index in [0.717, 1.165) is 47.8 Å². The number of nitrogens with one attached hydrogen (secondary N) is 1. The van der Waals surface area contributed by atoms with E-state index in [1.165, 1.54) is 23.5 Å². The van der Waals surface area contributed by atoms with Crippen LogP contribution >= 0.6 is 11.3 Å². The number of halogens is 3. The van der Waals surface area contributed by atoms with Gasteiger partial charge in [-0.3, -0.25) is 10.0 Å². The highest BCUT2D eigenvalue weighted by Gasteiger charge is 2.30. The minimum absolute atomic E-state index is 0.406. The standard InChI is InChI=1S/C21H18F3N3O2S/c22-21(23,24)17-7-5-13(6-8-17)18-12-30-20(25-18)27-9-1-2-14-10-15(19(28)26-29)3-4-16(14)11-27/h3-8,10,12,29H,1-2,9,11H2,(H,26,28). The first-order chi connectivity index (χ1) is 14.3. The van der Waals surface area contributed by atoms with Gasteiger partial charge in [-0.15, -0.1) is 11.3 Å². The predicted octanol–water partition coefficient (Wildman–Crippen LogP) is 4.90. The first kappa shape index (κ1) is 20.4. The lowest BCUT2D eigenvalue weighted by atomic mass is 10.0. The number of hydrogen-bond acceptors (Lipinski definition) is 5. The number of thiazole rings is 1. The van der Waals surface area contributed by atoms with Gasteiger partial charge >= 0.3 is 6.18 Å². The molecule has 9 heteroatoms. The van der Waals surface area contributed by atoms with Crippen molar-refractivity contribution in [2.24, 2.45) is 0 Å². The zero-order valence-corrected chi connectivity index (χ0v) is 16.6. The topological polar surface area (TPSA) is 65.5 Å². The number of carbonyl (C=O) groups is 1. The smallest absolute Gasteiger partial charge is 0.344 e. The quantitative estimate of drug-likeness (QED) is 0.456. The molecular formula is C21H18F3N3O2S. The number of rotatable bonds is 3. The molecule has 2 heterocycles. The van der Waals surface area contributed by atoms with Crippen LogP contribution in [0.15, 0.2) is 47.8 Å². The van der Waals surface area contributed by atoms with E-state index in [-0.39, 0.29) is 0 Å². The Morgan fingerprint density at radius 3 is 2.60 bits per heavy atom. The van der Waals surface area contributed by atoms with Gasteiger partial charge in [0, 0.05) is 29.6 Å². The van der Waals surface area contributed by atoms with Crippen molar-refractivity contribution in [3.8, 4) is 11.3 Å². The third kappa shape index (κ3) is 4.17. The largest absolute Gasteiger partial charge is 0.416 e. The van der Waals surface area contributed by atoms with Crippen LogP contribution in [0.4, 0.5) is 18.3 Å². The molecule has 0 fully saturated rings. The zero-order valence-electron chi connectivity index (χ0n) is 15.7. The Hall–Kier alpha value is -2.91. The van der Waals surface area contributed by atoms with E-state index < -0.39 is 17.6 Å². The lowest BCUT2D eigenvalue weighted by Crippen LogP contribution is -2.22. The van der Waals surface area contributed by atoms with Crippen LogP contribution in [-0.4, -0.2) is 22.6 Å². The number of hydroxylamine groups is 1. The van der Waals surface area contributed by atoms with E-state index in [1.54, 1.807) is 17.6 Å². The second-order valence-corrected chi connectivity index (χ2v) is 7.88. The normalized spacial score (nSPS) is 14.2. The number of anilines is 1. The second-order valence-electron chi connectivity index (χ2n) is 7.04. The number of hydrogen-bond donors (Lipinski definition) is 2. The van der Waals surface area contributed by atoms with Crippen molar-refractivity contribution in [3.05, 3.63) is 70.1 Å². The second kappa shape index (κ2) is 8.08. The Balaban J connectivity index is 1.54. The summed E-state index contributed by atoms with van der Waals surface area (Å²) in [4.78, 5) is 18.4. The number of aryl methyl sites for hydroxylation is 1.